The molecule has 2 atom stereocenters. The first-order chi connectivity index (χ1) is 13.5. The number of nitrogens with one attached hydrogen (secondary N) is 1. The summed E-state index contributed by atoms with van der Waals surface area (Å²) in [5.74, 6) is 0. The molecule has 0 aliphatic carbocycles. The van der Waals surface area contributed by atoms with Crippen molar-refractivity contribution in [3.8, 4) is 0 Å². The van der Waals surface area contributed by atoms with E-state index in [1.807, 2.05) is 18.3 Å². The lowest BCUT2D eigenvalue weighted by atomic mass is 9.98. The molecule has 1 aliphatic rings. The highest BCUT2D eigenvalue weighted by Gasteiger charge is 2.41. The van der Waals surface area contributed by atoms with Crippen LogP contribution in [0.25, 0.3) is 0 Å². The highest BCUT2D eigenvalue weighted by molar-refractivity contribution is 9.10. The van der Waals surface area contributed by atoms with Gasteiger partial charge in [-0.1, -0.05) is 22.0 Å². The summed E-state index contributed by atoms with van der Waals surface area (Å²) in [6.45, 7) is 6.47. The monoisotopic (exact) mass is 454 g/mol. The minimum Gasteiger partial charge on any atom is -0.351 e. The van der Waals surface area contributed by atoms with Gasteiger partial charge in [0.2, 0.25) is 0 Å². The highest BCUT2D eigenvalue weighted by Crippen LogP contribution is 2.42. The van der Waals surface area contributed by atoms with Crippen LogP contribution in [0.1, 0.15) is 48.8 Å². The van der Waals surface area contributed by atoms with Gasteiger partial charge in [-0.25, -0.2) is 0 Å². The lowest BCUT2D eigenvalue weighted by Crippen LogP contribution is -2.29. The number of rotatable bonds is 4. The molecular weight excluding hydrogens is 432 g/mol. The van der Waals surface area contributed by atoms with Crippen LogP contribution in [0.5, 0.6) is 0 Å². The zero-order valence-corrected chi connectivity index (χ0v) is 18.5. The molecule has 0 spiro atoms. The van der Waals surface area contributed by atoms with Crippen molar-refractivity contribution in [3.63, 3.8) is 0 Å². The largest absolute Gasteiger partial charge is 0.351 e. The Hall–Kier alpha value is -2.18. The molecule has 3 heterocycles. The zero-order chi connectivity index (χ0) is 19.8. The molecule has 1 aliphatic heterocycles. The Morgan fingerprint density at radius 3 is 2.64 bits per heavy atom. The van der Waals surface area contributed by atoms with E-state index in [1.165, 1.54) is 11.1 Å². The number of aryl methyl sites for hydroxylation is 1. The third-order valence-electron chi connectivity index (χ3n) is 5.19. The molecule has 28 heavy (non-hydrogen) atoms. The zero-order valence-electron chi connectivity index (χ0n) is 16.1. The van der Waals surface area contributed by atoms with Gasteiger partial charge in [-0.2, -0.15) is 0 Å². The van der Waals surface area contributed by atoms with Gasteiger partial charge in [-0.3, -0.25) is 4.98 Å². The van der Waals surface area contributed by atoms with Gasteiger partial charge in [0.1, 0.15) is 0 Å². The number of nitrogens with zero attached hydrogens (tertiary/aromatic N) is 3. The van der Waals surface area contributed by atoms with Crippen molar-refractivity contribution >= 4 is 38.9 Å². The van der Waals surface area contributed by atoms with E-state index in [2.05, 4.69) is 99.2 Å². The Labute approximate surface area is 179 Å². The number of hydrogen-bond acceptors (Lipinski definition) is 2. The minimum absolute atomic E-state index is 0.0133. The van der Waals surface area contributed by atoms with Gasteiger partial charge in [0.25, 0.3) is 0 Å². The molecule has 2 aromatic heterocycles. The van der Waals surface area contributed by atoms with E-state index in [1.54, 1.807) is 0 Å². The molecule has 4 rings (SSSR count). The molecule has 144 valence electrons. The standard InChI is InChI=1S/C22H23BrN4S/c1-14(2)26-11-9-16(13-26)21-20(19-6-4-5-10-24-19)25-22(28)27(21)17-7-8-18(23)15(3)12-17/h4-14,20-21H,1-3H3,(H,25,28)/t20-,21-/m0/s1. The van der Waals surface area contributed by atoms with Gasteiger partial charge in [0.05, 0.1) is 17.8 Å². The fraction of sp³-hybridized carbons (Fsp3) is 0.273. The molecule has 3 aromatic rings. The van der Waals surface area contributed by atoms with E-state index in [0.717, 1.165) is 21.0 Å². The van der Waals surface area contributed by atoms with Gasteiger partial charge in [-0.05, 0) is 80.5 Å². The first-order valence-corrected chi connectivity index (χ1v) is 10.6. The van der Waals surface area contributed by atoms with E-state index in [9.17, 15) is 0 Å². The maximum atomic E-state index is 5.78. The summed E-state index contributed by atoms with van der Waals surface area (Å²) in [7, 11) is 0. The summed E-state index contributed by atoms with van der Waals surface area (Å²) in [6, 6.07) is 15.0. The lowest BCUT2D eigenvalue weighted by Gasteiger charge is -2.27. The molecule has 1 aromatic carbocycles. The van der Waals surface area contributed by atoms with Crippen LogP contribution in [-0.4, -0.2) is 14.7 Å². The summed E-state index contributed by atoms with van der Waals surface area (Å²) >= 11 is 9.38. The quantitative estimate of drug-likeness (QED) is 0.511. The van der Waals surface area contributed by atoms with Crippen LogP contribution in [0.15, 0.2) is 65.5 Å². The van der Waals surface area contributed by atoms with Crippen molar-refractivity contribution in [2.24, 2.45) is 0 Å². The molecule has 6 heteroatoms. The van der Waals surface area contributed by atoms with Crippen LogP contribution < -0.4 is 10.2 Å². The Morgan fingerprint density at radius 2 is 2.00 bits per heavy atom. The van der Waals surface area contributed by atoms with Crippen molar-refractivity contribution in [2.75, 3.05) is 4.90 Å². The predicted octanol–water partition coefficient (Wildman–Crippen LogP) is 5.71. The van der Waals surface area contributed by atoms with Crippen molar-refractivity contribution < 1.29 is 0 Å². The summed E-state index contributed by atoms with van der Waals surface area (Å²) in [5, 5.41) is 4.24. The fourth-order valence-corrected chi connectivity index (χ4v) is 4.27. The first kappa shape index (κ1) is 19.2. The van der Waals surface area contributed by atoms with E-state index in [4.69, 9.17) is 12.2 Å². The number of aromatic nitrogens is 2. The number of pyridine rings is 1. The first-order valence-electron chi connectivity index (χ1n) is 9.40. The number of halogens is 1. The predicted molar refractivity (Wildman–Crippen MR) is 122 cm³/mol. The van der Waals surface area contributed by atoms with Crippen LogP contribution in [-0.2, 0) is 0 Å². The molecule has 1 fully saturated rings. The van der Waals surface area contributed by atoms with Gasteiger partial charge in [0, 0.05) is 34.8 Å². The van der Waals surface area contributed by atoms with Crippen LogP contribution in [0, 0.1) is 6.92 Å². The van der Waals surface area contributed by atoms with E-state index in [0.29, 0.717) is 6.04 Å². The van der Waals surface area contributed by atoms with Crippen LogP contribution in [0.2, 0.25) is 0 Å². The van der Waals surface area contributed by atoms with Gasteiger partial charge in [0.15, 0.2) is 5.11 Å². The molecule has 1 N–H and O–H groups in total. The van der Waals surface area contributed by atoms with Gasteiger partial charge >= 0.3 is 0 Å². The molecule has 0 saturated carbocycles. The van der Waals surface area contributed by atoms with Crippen molar-refractivity contribution in [2.45, 2.75) is 38.9 Å². The average Bonchev–Trinajstić information content (AvgIpc) is 3.29. The van der Waals surface area contributed by atoms with E-state index < -0.39 is 0 Å². The Kier molecular flexibility index (Phi) is 5.25. The molecule has 4 nitrogen and oxygen atoms in total. The number of benzene rings is 1. The molecule has 0 unspecified atom stereocenters. The van der Waals surface area contributed by atoms with Crippen LogP contribution in [0.3, 0.4) is 0 Å². The topological polar surface area (TPSA) is 33.1 Å². The molecule has 1 saturated heterocycles. The molecule has 0 bridgehead atoms. The van der Waals surface area contributed by atoms with Gasteiger partial charge in [-0.15, -0.1) is 0 Å². The second-order valence-electron chi connectivity index (χ2n) is 7.42. The van der Waals surface area contributed by atoms with Crippen molar-refractivity contribution in [3.05, 3.63) is 82.3 Å². The van der Waals surface area contributed by atoms with Gasteiger partial charge < -0.3 is 14.8 Å². The summed E-state index contributed by atoms with van der Waals surface area (Å²) in [4.78, 5) is 6.83. The molecule has 0 radical (unpaired) electrons. The molecular formula is C22H23BrN4S. The summed E-state index contributed by atoms with van der Waals surface area (Å²) in [6.07, 6.45) is 6.20. The van der Waals surface area contributed by atoms with E-state index in [-0.39, 0.29) is 12.1 Å². The summed E-state index contributed by atoms with van der Waals surface area (Å²) < 4.78 is 3.33. The smallest absolute Gasteiger partial charge is 0.174 e. The van der Waals surface area contributed by atoms with Crippen LogP contribution >= 0.6 is 28.1 Å². The third kappa shape index (κ3) is 3.47. The lowest BCUT2D eigenvalue weighted by molar-refractivity contribution is 0.560. The number of thiocarbonyl (C=S) groups is 1. The third-order valence-corrected chi connectivity index (χ3v) is 6.40. The Balaban J connectivity index is 1.82. The Bertz CT molecular complexity index is 999. The second-order valence-corrected chi connectivity index (χ2v) is 8.66. The molecule has 0 amide bonds. The minimum atomic E-state index is -0.0133. The van der Waals surface area contributed by atoms with E-state index >= 15 is 0 Å². The fourth-order valence-electron chi connectivity index (χ4n) is 3.68. The van der Waals surface area contributed by atoms with Crippen molar-refractivity contribution in [1.29, 1.82) is 0 Å². The Morgan fingerprint density at radius 1 is 1.18 bits per heavy atom. The second kappa shape index (κ2) is 7.68. The normalized spacial score (nSPS) is 19.3. The van der Waals surface area contributed by atoms with Crippen molar-refractivity contribution in [1.82, 2.24) is 14.9 Å². The SMILES string of the molecule is Cc1cc(N2C(=S)N[C@@H](c3ccccn3)[C@@H]2c2ccn(C(C)C)c2)ccc1Br. The summed E-state index contributed by atoms with van der Waals surface area (Å²) in [5.41, 5.74) is 4.47. The maximum Gasteiger partial charge on any atom is 0.174 e. The highest BCUT2D eigenvalue weighted by atomic mass is 79.9. The maximum absolute atomic E-state index is 5.78. The number of hydrogen-bond donors (Lipinski definition) is 1. The number of anilines is 1. The van der Waals surface area contributed by atoms with Crippen LogP contribution in [0.4, 0.5) is 5.69 Å². The average molecular weight is 455 g/mol.